The van der Waals surface area contributed by atoms with Crippen LogP contribution in [0.25, 0.3) is 0 Å². The highest BCUT2D eigenvalue weighted by Crippen LogP contribution is 2.23. The number of ether oxygens (including phenoxy) is 1. The van der Waals surface area contributed by atoms with Gasteiger partial charge >= 0.3 is 6.09 Å². The van der Waals surface area contributed by atoms with Gasteiger partial charge in [0.2, 0.25) is 5.91 Å². The molecule has 2 amide bonds. The Morgan fingerprint density at radius 2 is 1.72 bits per heavy atom. The molecule has 1 aromatic rings. The Morgan fingerprint density at radius 1 is 1.12 bits per heavy atom. The van der Waals surface area contributed by atoms with Gasteiger partial charge in [-0.1, -0.05) is 18.2 Å². The number of piperazine rings is 1. The van der Waals surface area contributed by atoms with Crippen molar-refractivity contribution in [1.29, 1.82) is 0 Å². The van der Waals surface area contributed by atoms with E-state index in [1.54, 1.807) is 23.8 Å². The van der Waals surface area contributed by atoms with Crippen LogP contribution in [0.1, 0.15) is 33.3 Å². The normalized spacial score (nSPS) is 15.1. The molecular formula is C19H29N3O3. The van der Waals surface area contributed by atoms with E-state index in [0.29, 0.717) is 19.6 Å². The Balaban J connectivity index is 2.01. The molecular weight excluding hydrogens is 318 g/mol. The summed E-state index contributed by atoms with van der Waals surface area (Å²) in [4.78, 5) is 29.4. The number of amides is 2. The monoisotopic (exact) mass is 347 g/mol. The standard InChI is InChI=1S/C19H29N3O3/c1-15(23)20(5)14-16-8-6-7-9-17(16)21-10-12-22(13-11-21)18(24)25-19(2,3)4/h6-9H,10-14H2,1-5H3. The maximum Gasteiger partial charge on any atom is 0.410 e. The van der Waals surface area contributed by atoms with Crippen molar-refractivity contribution in [2.24, 2.45) is 0 Å². The SMILES string of the molecule is CC(=O)N(C)Cc1ccccc1N1CCN(C(=O)OC(C)(C)C)CC1. The second kappa shape index (κ2) is 7.76. The summed E-state index contributed by atoms with van der Waals surface area (Å²) in [5.41, 5.74) is 1.77. The van der Waals surface area contributed by atoms with Gasteiger partial charge in [-0.15, -0.1) is 0 Å². The molecule has 1 aliphatic rings. The van der Waals surface area contributed by atoms with Crippen molar-refractivity contribution in [3.05, 3.63) is 29.8 Å². The fourth-order valence-electron chi connectivity index (χ4n) is 2.78. The summed E-state index contributed by atoms with van der Waals surface area (Å²) in [6.07, 6.45) is -0.253. The van der Waals surface area contributed by atoms with Gasteiger partial charge in [0.1, 0.15) is 5.60 Å². The van der Waals surface area contributed by atoms with E-state index in [4.69, 9.17) is 4.74 Å². The van der Waals surface area contributed by atoms with Crippen LogP contribution in [0.2, 0.25) is 0 Å². The lowest BCUT2D eigenvalue weighted by Crippen LogP contribution is -2.50. The lowest BCUT2D eigenvalue weighted by Gasteiger charge is -2.37. The second-order valence-corrected chi connectivity index (χ2v) is 7.46. The third-order valence-corrected chi connectivity index (χ3v) is 4.21. The van der Waals surface area contributed by atoms with Crippen LogP contribution < -0.4 is 4.90 Å². The van der Waals surface area contributed by atoms with Crippen LogP contribution in [0.3, 0.4) is 0 Å². The summed E-state index contributed by atoms with van der Waals surface area (Å²) in [7, 11) is 1.81. The van der Waals surface area contributed by atoms with Gasteiger partial charge < -0.3 is 19.4 Å². The van der Waals surface area contributed by atoms with Crippen molar-refractivity contribution in [3.63, 3.8) is 0 Å². The maximum atomic E-state index is 12.2. The van der Waals surface area contributed by atoms with Crippen molar-refractivity contribution >= 4 is 17.7 Å². The molecule has 6 heteroatoms. The number of anilines is 1. The molecule has 25 heavy (non-hydrogen) atoms. The number of carbonyl (C=O) groups is 2. The van der Waals surface area contributed by atoms with Gasteiger partial charge in [0.25, 0.3) is 0 Å². The Labute approximate surface area is 150 Å². The number of rotatable bonds is 3. The highest BCUT2D eigenvalue weighted by atomic mass is 16.6. The first-order chi connectivity index (χ1) is 11.7. The van der Waals surface area contributed by atoms with Crippen molar-refractivity contribution in [2.75, 3.05) is 38.1 Å². The molecule has 1 heterocycles. The van der Waals surface area contributed by atoms with Gasteiger partial charge in [-0.2, -0.15) is 0 Å². The molecule has 6 nitrogen and oxygen atoms in total. The first-order valence-corrected chi connectivity index (χ1v) is 8.70. The average molecular weight is 347 g/mol. The molecule has 1 aliphatic heterocycles. The predicted molar refractivity (Wildman–Crippen MR) is 98.6 cm³/mol. The largest absolute Gasteiger partial charge is 0.444 e. The third-order valence-electron chi connectivity index (χ3n) is 4.21. The van der Waals surface area contributed by atoms with Gasteiger partial charge in [0.15, 0.2) is 0 Å². The number of benzene rings is 1. The van der Waals surface area contributed by atoms with Crippen LogP contribution in [0, 0.1) is 0 Å². The maximum absolute atomic E-state index is 12.2. The summed E-state index contributed by atoms with van der Waals surface area (Å²) < 4.78 is 5.45. The van der Waals surface area contributed by atoms with Gasteiger partial charge in [-0.05, 0) is 32.4 Å². The minimum Gasteiger partial charge on any atom is -0.444 e. The van der Waals surface area contributed by atoms with Crippen LogP contribution in [0.4, 0.5) is 10.5 Å². The van der Waals surface area contributed by atoms with Crippen LogP contribution >= 0.6 is 0 Å². The molecule has 0 spiro atoms. The molecule has 0 N–H and O–H groups in total. The molecule has 0 aliphatic carbocycles. The van der Waals surface area contributed by atoms with E-state index in [1.165, 1.54) is 0 Å². The zero-order valence-electron chi connectivity index (χ0n) is 15.9. The first kappa shape index (κ1) is 19.1. The van der Waals surface area contributed by atoms with E-state index in [2.05, 4.69) is 17.0 Å². The number of nitrogens with zero attached hydrogens (tertiary/aromatic N) is 3. The molecule has 0 unspecified atom stereocenters. The fraction of sp³-hybridized carbons (Fsp3) is 0.579. The van der Waals surface area contributed by atoms with Crippen molar-refractivity contribution < 1.29 is 14.3 Å². The molecule has 0 bridgehead atoms. The summed E-state index contributed by atoms with van der Waals surface area (Å²) in [5, 5.41) is 0. The Bertz CT molecular complexity index is 617. The van der Waals surface area contributed by atoms with Crippen LogP contribution in [0.5, 0.6) is 0 Å². The third kappa shape index (κ3) is 5.37. The Morgan fingerprint density at radius 3 is 2.28 bits per heavy atom. The van der Waals surface area contributed by atoms with Gasteiger partial charge in [-0.3, -0.25) is 4.79 Å². The molecule has 0 atom stereocenters. The first-order valence-electron chi connectivity index (χ1n) is 8.70. The topological polar surface area (TPSA) is 53.1 Å². The van der Waals surface area contributed by atoms with E-state index in [9.17, 15) is 9.59 Å². The summed E-state index contributed by atoms with van der Waals surface area (Å²) in [6.45, 7) is 10.5. The highest BCUT2D eigenvalue weighted by Gasteiger charge is 2.26. The molecule has 0 radical (unpaired) electrons. The van der Waals surface area contributed by atoms with E-state index in [-0.39, 0.29) is 12.0 Å². The van der Waals surface area contributed by atoms with Crippen molar-refractivity contribution in [1.82, 2.24) is 9.80 Å². The van der Waals surface area contributed by atoms with Crippen LogP contribution in [0.15, 0.2) is 24.3 Å². The van der Waals surface area contributed by atoms with Gasteiger partial charge in [0, 0.05) is 52.4 Å². The van der Waals surface area contributed by atoms with Gasteiger partial charge in [0.05, 0.1) is 0 Å². The Hall–Kier alpha value is -2.24. The average Bonchev–Trinajstić information content (AvgIpc) is 2.54. The molecule has 1 saturated heterocycles. The Kier molecular flexibility index (Phi) is 5.93. The molecule has 2 rings (SSSR count). The van der Waals surface area contributed by atoms with E-state index in [0.717, 1.165) is 24.3 Å². The van der Waals surface area contributed by atoms with Crippen molar-refractivity contribution in [3.8, 4) is 0 Å². The number of carbonyl (C=O) groups excluding carboxylic acids is 2. The summed E-state index contributed by atoms with van der Waals surface area (Å²) in [6, 6.07) is 8.12. The number of hydrogen-bond donors (Lipinski definition) is 0. The zero-order chi connectivity index (χ0) is 18.6. The van der Waals surface area contributed by atoms with E-state index in [1.807, 2.05) is 32.9 Å². The number of para-hydroxylation sites is 1. The highest BCUT2D eigenvalue weighted by molar-refractivity contribution is 5.73. The summed E-state index contributed by atoms with van der Waals surface area (Å²) >= 11 is 0. The smallest absolute Gasteiger partial charge is 0.410 e. The molecule has 138 valence electrons. The van der Waals surface area contributed by atoms with Crippen LogP contribution in [-0.2, 0) is 16.1 Å². The van der Waals surface area contributed by atoms with Crippen LogP contribution in [-0.4, -0.2) is 60.6 Å². The second-order valence-electron chi connectivity index (χ2n) is 7.46. The quantitative estimate of drug-likeness (QED) is 0.844. The van der Waals surface area contributed by atoms with E-state index < -0.39 is 5.60 Å². The minimum atomic E-state index is -0.474. The summed E-state index contributed by atoms with van der Waals surface area (Å²) in [5.74, 6) is 0.0459. The molecule has 0 saturated carbocycles. The van der Waals surface area contributed by atoms with E-state index >= 15 is 0 Å². The molecule has 1 fully saturated rings. The lowest BCUT2D eigenvalue weighted by molar-refractivity contribution is -0.128. The minimum absolute atomic E-state index is 0.0459. The zero-order valence-corrected chi connectivity index (χ0v) is 15.9. The fourth-order valence-corrected chi connectivity index (χ4v) is 2.78. The predicted octanol–water partition coefficient (Wildman–Crippen LogP) is 2.72. The molecule has 0 aromatic heterocycles. The van der Waals surface area contributed by atoms with Gasteiger partial charge in [-0.25, -0.2) is 4.79 Å². The number of hydrogen-bond acceptors (Lipinski definition) is 4. The molecule has 1 aromatic carbocycles. The van der Waals surface area contributed by atoms with Crippen molar-refractivity contribution in [2.45, 2.75) is 39.8 Å². The lowest BCUT2D eigenvalue weighted by atomic mass is 10.1.